The van der Waals surface area contributed by atoms with Gasteiger partial charge in [0.25, 0.3) is 0 Å². The summed E-state index contributed by atoms with van der Waals surface area (Å²) >= 11 is 0. The first-order chi connectivity index (χ1) is 47.1. The standard InChI is InChI=1S/C68H86N2O28/c1-4-13-43(62(82)83)90-58-52(76)48(29-72)96-68(59(58)97-63(84)34-14-7-6-8-15-34)94-46-27-37(22-33(5-2)56(46)98-66-54(78)53(77)49(73)32(3)89-66)60(80)69-20-21-70-61(81)38-25-44(87-30-39-23-35-16-9-11-18-41(35)91-64(39)85)50(74)45(26-38)93-67-55(79)57(51(75)47(28-71)95-67)88-31-40-24-36-17-10-12-19-42(36)92-65(40)86/h6-12,14-19,23-24,32-33,37-38,43-59,66-68,71-79H,4-5,13,20-22,25-31H2,1-3H3,(H,69,80)(H,70,81)(H,82,83)/t32?,33?,37?,38?,43-,44?,45+,46+,47?,48?,49+,50?,51-,52-,53?,54?,55?,56?,57?,58?,59?,66-,67+,68+/m0/s1. The van der Waals surface area contributed by atoms with Crippen LogP contribution in [0.25, 0.3) is 21.9 Å². The lowest BCUT2D eigenvalue weighted by molar-refractivity contribution is -0.349. The molecule has 0 radical (unpaired) electrons. The number of hydrogen-bond acceptors (Lipinski definition) is 27. The molecule has 0 spiro atoms. The number of aliphatic hydroxyl groups is 9. The third-order valence-electron chi connectivity index (χ3n) is 18.8. The molecular formula is C68H86N2O28. The Labute approximate surface area is 561 Å². The highest BCUT2D eigenvalue weighted by atomic mass is 16.8. The van der Waals surface area contributed by atoms with Gasteiger partial charge in [0.1, 0.15) is 78.3 Å². The van der Waals surface area contributed by atoms with E-state index >= 15 is 0 Å². The molecule has 15 unspecified atom stereocenters. The molecule has 5 fully saturated rings. The van der Waals surface area contributed by atoms with Crippen LogP contribution in [0.3, 0.4) is 0 Å². The summed E-state index contributed by atoms with van der Waals surface area (Å²) in [6.45, 7) is 2.08. The Hall–Kier alpha value is -6.76. The van der Waals surface area contributed by atoms with Crippen LogP contribution in [-0.4, -0.2) is 230 Å². The summed E-state index contributed by atoms with van der Waals surface area (Å²) in [7, 11) is 0. The summed E-state index contributed by atoms with van der Waals surface area (Å²) in [4.78, 5) is 81.5. The minimum atomic E-state index is -1.83. The Bertz CT molecular complexity index is 3600. The van der Waals surface area contributed by atoms with Gasteiger partial charge in [0.15, 0.2) is 31.1 Å². The lowest BCUT2D eigenvalue weighted by Crippen LogP contribution is -2.64. The lowest BCUT2D eigenvalue weighted by atomic mass is 9.75. The van der Waals surface area contributed by atoms with E-state index in [1.165, 1.54) is 25.1 Å². The molecule has 2 saturated carbocycles. The van der Waals surface area contributed by atoms with Crippen LogP contribution in [0.2, 0.25) is 0 Å². The number of carbonyl (C=O) groups excluding carboxylic acids is 3. The van der Waals surface area contributed by atoms with Gasteiger partial charge in [-0.15, -0.1) is 0 Å². The van der Waals surface area contributed by atoms with Crippen molar-refractivity contribution in [3.8, 4) is 0 Å². The molecule has 24 atom stereocenters. The normalized spacial score (nSPS) is 34.0. The van der Waals surface area contributed by atoms with E-state index in [2.05, 4.69) is 10.6 Å². The van der Waals surface area contributed by atoms with Crippen molar-refractivity contribution in [1.29, 1.82) is 0 Å². The van der Waals surface area contributed by atoms with Crippen LogP contribution in [0.5, 0.6) is 0 Å². The molecule has 3 saturated heterocycles. The van der Waals surface area contributed by atoms with Gasteiger partial charge in [-0.1, -0.05) is 81.3 Å². The van der Waals surface area contributed by atoms with Crippen molar-refractivity contribution in [3.63, 3.8) is 0 Å². The summed E-state index contributed by atoms with van der Waals surface area (Å²) in [5, 5.41) is 117. The molecule has 30 heteroatoms. The fourth-order valence-electron chi connectivity index (χ4n) is 13.3. The summed E-state index contributed by atoms with van der Waals surface area (Å²) < 4.78 is 72.4. The first kappa shape index (κ1) is 73.9. The van der Waals surface area contributed by atoms with Crippen molar-refractivity contribution in [2.24, 2.45) is 17.8 Å². The predicted molar refractivity (Wildman–Crippen MR) is 337 cm³/mol. The zero-order valence-electron chi connectivity index (χ0n) is 54.0. The van der Waals surface area contributed by atoms with Gasteiger partial charge in [0, 0.05) is 35.7 Å². The molecule has 2 amide bonds. The highest BCUT2D eigenvalue weighted by Crippen LogP contribution is 2.41. The average molecular weight is 1380 g/mol. The van der Waals surface area contributed by atoms with E-state index in [9.17, 15) is 79.8 Å². The fourth-order valence-corrected chi connectivity index (χ4v) is 13.3. The van der Waals surface area contributed by atoms with E-state index in [4.69, 9.17) is 56.2 Å². The highest BCUT2D eigenvalue weighted by Gasteiger charge is 2.55. The van der Waals surface area contributed by atoms with Crippen LogP contribution in [-0.2, 0) is 75.0 Å². The molecule has 536 valence electrons. The molecule has 3 aliphatic heterocycles. The highest BCUT2D eigenvalue weighted by molar-refractivity contribution is 5.89. The molecule has 5 aromatic rings. The SMILES string of the molecule is CCC[C@H](OC1C(OC(=O)c2ccccc2)[C@H](O[C@@H]2CC(C(=O)NCCNC(=O)C3CC(OCc4cc5ccccc5oc4=O)C(O)[C@H](O[C@@H]4OC(CO)[C@H](O)C(OCc5cc6ccccc6oc5=O)C4O)C3)CC(CC)C2O[C@@H]2OC(C)[C@@H](O)C(O)C2O)OC(CO)[C@@H]1O)C(=O)O. The Morgan fingerprint density at radius 3 is 1.67 bits per heavy atom. The summed E-state index contributed by atoms with van der Waals surface area (Å²) in [5.74, 6) is -6.11. The molecule has 2 aliphatic carbocycles. The number of aliphatic carboxylic acids is 1. The maximum Gasteiger partial charge on any atom is 0.341 e. The van der Waals surface area contributed by atoms with Crippen molar-refractivity contribution in [3.05, 3.63) is 129 Å². The second-order valence-electron chi connectivity index (χ2n) is 25.4. The minimum Gasteiger partial charge on any atom is -0.479 e. The maximum atomic E-state index is 14.5. The quantitative estimate of drug-likeness (QED) is 0.0189. The monoisotopic (exact) mass is 1380 g/mol. The molecule has 5 aliphatic rings. The first-order valence-electron chi connectivity index (χ1n) is 33.0. The van der Waals surface area contributed by atoms with E-state index < -0.39 is 208 Å². The maximum absolute atomic E-state index is 14.5. The van der Waals surface area contributed by atoms with Gasteiger partial charge in [-0.3, -0.25) is 9.59 Å². The van der Waals surface area contributed by atoms with Crippen molar-refractivity contribution in [1.82, 2.24) is 10.6 Å². The van der Waals surface area contributed by atoms with Crippen molar-refractivity contribution in [2.75, 3.05) is 26.3 Å². The molecule has 0 bridgehead atoms. The number of aliphatic hydroxyl groups excluding tert-OH is 9. The molecule has 5 heterocycles. The average Bonchev–Trinajstić information content (AvgIpc) is 0.761. The van der Waals surface area contributed by atoms with E-state index in [0.717, 1.165) is 0 Å². The van der Waals surface area contributed by atoms with Crippen LogP contribution in [0.1, 0.15) is 87.2 Å². The number of para-hydroxylation sites is 2. The smallest absolute Gasteiger partial charge is 0.341 e. The van der Waals surface area contributed by atoms with Crippen molar-refractivity contribution < 1.29 is 126 Å². The zero-order valence-corrected chi connectivity index (χ0v) is 54.0. The van der Waals surface area contributed by atoms with E-state index in [-0.39, 0.29) is 68.3 Å². The third kappa shape index (κ3) is 17.2. The van der Waals surface area contributed by atoms with Crippen molar-refractivity contribution in [2.45, 2.75) is 208 Å². The number of ether oxygens (including phenoxy) is 10. The Kier molecular flexibility index (Phi) is 25.4. The third-order valence-corrected chi connectivity index (χ3v) is 18.8. The molecule has 2 aromatic heterocycles. The fraction of sp³-hybridized carbons (Fsp3) is 0.588. The van der Waals surface area contributed by atoms with Crippen LogP contribution >= 0.6 is 0 Å². The molecule has 3 aromatic carbocycles. The van der Waals surface area contributed by atoms with Crippen LogP contribution < -0.4 is 21.9 Å². The van der Waals surface area contributed by atoms with Gasteiger partial charge in [0.05, 0.1) is 73.6 Å². The van der Waals surface area contributed by atoms with Gasteiger partial charge in [-0.25, -0.2) is 19.2 Å². The number of nitrogens with one attached hydrogen (secondary N) is 2. The Morgan fingerprint density at radius 1 is 0.551 bits per heavy atom. The van der Waals surface area contributed by atoms with E-state index in [1.54, 1.807) is 86.6 Å². The number of carboxylic acids is 1. The number of carboxylic acid groups (broad SMARTS) is 1. The molecule has 98 heavy (non-hydrogen) atoms. The summed E-state index contributed by atoms with van der Waals surface area (Å²) in [6, 6.07) is 24.3. The number of carbonyl (C=O) groups is 4. The predicted octanol–water partition coefficient (Wildman–Crippen LogP) is 0.174. The summed E-state index contributed by atoms with van der Waals surface area (Å²) in [6.07, 6.45) is -32.6. The van der Waals surface area contributed by atoms with Crippen LogP contribution in [0.15, 0.2) is 109 Å². The number of amides is 2. The number of fused-ring (bicyclic) bond motifs is 2. The molecule has 10 rings (SSSR count). The molecular weight excluding hydrogens is 1290 g/mol. The number of esters is 1. The lowest BCUT2D eigenvalue weighted by Gasteiger charge is -2.48. The van der Waals surface area contributed by atoms with Crippen LogP contribution in [0, 0.1) is 17.8 Å². The van der Waals surface area contributed by atoms with Gasteiger partial charge in [0.2, 0.25) is 11.8 Å². The van der Waals surface area contributed by atoms with E-state index in [0.29, 0.717) is 28.4 Å². The Morgan fingerprint density at radius 2 is 1.08 bits per heavy atom. The molecule has 30 nitrogen and oxygen atoms in total. The Balaban J connectivity index is 0.855. The van der Waals surface area contributed by atoms with Gasteiger partial charge in [-0.2, -0.15) is 0 Å². The van der Waals surface area contributed by atoms with Crippen LogP contribution in [0.4, 0.5) is 0 Å². The minimum absolute atomic E-state index is 0.0428. The first-order valence-corrected chi connectivity index (χ1v) is 33.0. The second-order valence-corrected chi connectivity index (χ2v) is 25.4. The van der Waals surface area contributed by atoms with E-state index in [1.807, 2.05) is 0 Å². The summed E-state index contributed by atoms with van der Waals surface area (Å²) in [5.41, 5.74) is -0.655. The second kappa shape index (κ2) is 33.6. The van der Waals surface area contributed by atoms with Gasteiger partial charge < -0.3 is 118 Å². The topological polar surface area (TPSA) is 447 Å². The number of benzene rings is 3. The zero-order chi connectivity index (χ0) is 70.1. The number of rotatable bonds is 27. The van der Waals surface area contributed by atoms with Gasteiger partial charge >= 0.3 is 23.2 Å². The number of hydrogen-bond donors (Lipinski definition) is 12. The largest absolute Gasteiger partial charge is 0.479 e. The molecule has 12 N–H and O–H groups in total. The van der Waals surface area contributed by atoms with Crippen molar-refractivity contribution >= 4 is 45.7 Å². The van der Waals surface area contributed by atoms with Gasteiger partial charge in [-0.05, 0) is 81.3 Å².